The van der Waals surface area contributed by atoms with Crippen LogP contribution in [0.25, 0.3) is 11.1 Å². The van der Waals surface area contributed by atoms with Crippen molar-refractivity contribution < 1.29 is 23.3 Å². The van der Waals surface area contributed by atoms with Crippen LogP contribution >= 0.6 is 7.82 Å². The Balaban J connectivity index is 1.18. The quantitative estimate of drug-likeness (QED) is 0.189. The number of phosphoric ester groups is 1. The van der Waals surface area contributed by atoms with Crippen molar-refractivity contribution in [2.75, 3.05) is 32.8 Å². The van der Waals surface area contributed by atoms with Gasteiger partial charge in [0.25, 0.3) is 5.91 Å². The molecule has 1 amide bonds. The number of phosphoric acid groups is 1. The lowest BCUT2D eigenvalue weighted by molar-refractivity contribution is 0.0952. The lowest BCUT2D eigenvalue weighted by Crippen LogP contribution is -2.34. The van der Waals surface area contributed by atoms with Crippen LogP contribution in [0, 0.1) is 18.3 Å². The first-order chi connectivity index (χ1) is 19.8. The predicted octanol–water partition coefficient (Wildman–Crippen LogP) is 6.44. The number of piperidine rings is 1. The number of nitrogens with one attached hydrogen (secondary N) is 1. The highest BCUT2D eigenvalue weighted by Gasteiger charge is 2.28. The van der Waals surface area contributed by atoms with Crippen LogP contribution in [-0.2, 0) is 9.09 Å². The summed E-state index contributed by atoms with van der Waals surface area (Å²) in [6.07, 6.45) is 3.77. The first kappa shape index (κ1) is 30.5. The van der Waals surface area contributed by atoms with Gasteiger partial charge in [0, 0.05) is 12.1 Å². The van der Waals surface area contributed by atoms with Crippen molar-refractivity contribution >= 4 is 13.7 Å². The molecule has 4 rings (SSSR count). The minimum Gasteiger partial charge on any atom is -0.404 e. The Kier molecular flexibility index (Phi) is 10.7. The molecular formula is C32H38N3O5P. The zero-order valence-electron chi connectivity index (χ0n) is 23.7. The van der Waals surface area contributed by atoms with Crippen LogP contribution in [0.1, 0.15) is 65.6 Å². The third-order valence-corrected chi connectivity index (χ3v) is 8.40. The number of hydrogen-bond donors (Lipinski definition) is 2. The molecule has 0 saturated carbocycles. The Labute approximate surface area is 242 Å². The highest BCUT2D eigenvalue weighted by Crippen LogP contribution is 2.47. The Morgan fingerprint density at radius 2 is 1.71 bits per heavy atom. The molecule has 3 aromatic carbocycles. The van der Waals surface area contributed by atoms with Crippen LogP contribution in [0.2, 0.25) is 0 Å². The van der Waals surface area contributed by atoms with E-state index >= 15 is 0 Å². The van der Waals surface area contributed by atoms with Crippen molar-refractivity contribution in [2.45, 2.75) is 45.4 Å². The predicted molar refractivity (Wildman–Crippen MR) is 160 cm³/mol. The summed E-state index contributed by atoms with van der Waals surface area (Å²) < 4.78 is 22.6. The fourth-order valence-corrected chi connectivity index (χ4v) is 5.94. The molecule has 41 heavy (non-hydrogen) atoms. The van der Waals surface area contributed by atoms with E-state index < -0.39 is 7.82 Å². The van der Waals surface area contributed by atoms with Crippen LogP contribution in [-0.4, -0.2) is 48.5 Å². The summed E-state index contributed by atoms with van der Waals surface area (Å²) in [6.45, 7) is 7.17. The molecular weight excluding hydrogens is 537 g/mol. The molecule has 1 fully saturated rings. The second-order valence-electron chi connectivity index (χ2n) is 10.4. The third-order valence-electron chi connectivity index (χ3n) is 7.38. The number of nitriles is 1. The number of aryl methyl sites for hydroxylation is 1. The van der Waals surface area contributed by atoms with Gasteiger partial charge in [-0.2, -0.15) is 5.26 Å². The van der Waals surface area contributed by atoms with Gasteiger partial charge in [-0.05, 0) is 118 Å². The molecule has 0 aliphatic carbocycles. The standard InChI is InChI=1S/C32H38N3O5P/c1-3-39-41(37,38)40-31-22-24(2)6-15-30(31)28-16-20-35(21-17-28)19-5-4-18-34-32(36)29-13-11-27(12-14-29)26-9-7-25(23-33)8-10-26/h6-15,22,28H,3-5,16-21H2,1-2H3,(H,34,36)(H,37,38). The van der Waals surface area contributed by atoms with E-state index in [4.69, 9.17) is 14.3 Å². The number of nitrogens with zero attached hydrogens (tertiary/aromatic N) is 2. The Morgan fingerprint density at radius 3 is 2.34 bits per heavy atom. The Hall–Kier alpha value is -3.47. The van der Waals surface area contributed by atoms with Crippen molar-refractivity contribution in [3.8, 4) is 22.9 Å². The van der Waals surface area contributed by atoms with E-state index in [1.54, 1.807) is 19.1 Å². The minimum absolute atomic E-state index is 0.0786. The largest absolute Gasteiger partial charge is 0.527 e. The molecule has 2 N–H and O–H groups in total. The first-order valence-electron chi connectivity index (χ1n) is 14.2. The van der Waals surface area contributed by atoms with Gasteiger partial charge in [0.05, 0.1) is 18.2 Å². The van der Waals surface area contributed by atoms with Crippen LogP contribution in [0.5, 0.6) is 5.75 Å². The van der Waals surface area contributed by atoms with E-state index in [1.807, 2.05) is 61.5 Å². The van der Waals surface area contributed by atoms with E-state index in [-0.39, 0.29) is 18.4 Å². The maximum absolute atomic E-state index is 12.6. The van der Waals surface area contributed by atoms with Crippen LogP contribution in [0.15, 0.2) is 66.7 Å². The smallest absolute Gasteiger partial charge is 0.404 e. The van der Waals surface area contributed by atoms with E-state index in [1.165, 1.54) is 0 Å². The van der Waals surface area contributed by atoms with Crippen LogP contribution in [0.4, 0.5) is 0 Å². The molecule has 8 nitrogen and oxygen atoms in total. The summed E-state index contributed by atoms with van der Waals surface area (Å²) in [4.78, 5) is 25.0. The number of carbonyl (C=O) groups excluding carboxylic acids is 1. The van der Waals surface area contributed by atoms with Gasteiger partial charge in [-0.1, -0.05) is 36.4 Å². The molecule has 0 radical (unpaired) electrons. The maximum Gasteiger partial charge on any atom is 0.527 e. The Bertz CT molecular complexity index is 1390. The van der Waals surface area contributed by atoms with Gasteiger partial charge in [0.2, 0.25) is 0 Å². The molecule has 0 spiro atoms. The number of benzene rings is 3. The average molecular weight is 576 g/mol. The molecule has 0 aromatic heterocycles. The topological polar surface area (TPSA) is 112 Å². The minimum atomic E-state index is -4.14. The summed E-state index contributed by atoms with van der Waals surface area (Å²) >= 11 is 0. The number of hydrogen-bond acceptors (Lipinski definition) is 6. The zero-order chi connectivity index (χ0) is 29.2. The van der Waals surface area contributed by atoms with Gasteiger partial charge in [0.15, 0.2) is 0 Å². The van der Waals surface area contributed by atoms with E-state index in [0.29, 0.717) is 23.4 Å². The Morgan fingerprint density at radius 1 is 1.05 bits per heavy atom. The van der Waals surface area contributed by atoms with Crippen LogP contribution in [0.3, 0.4) is 0 Å². The summed E-state index contributed by atoms with van der Waals surface area (Å²) in [5, 5.41) is 12.0. The SMILES string of the molecule is CCOP(=O)(O)Oc1cc(C)ccc1C1CCN(CCCCNC(=O)c2ccc(-c3ccc(C#N)cc3)cc2)CC1. The molecule has 0 bridgehead atoms. The molecule has 1 aliphatic rings. The molecule has 1 aliphatic heterocycles. The first-order valence-corrected chi connectivity index (χ1v) is 15.7. The second kappa shape index (κ2) is 14.4. The molecule has 1 atom stereocenters. The number of unbranched alkanes of at least 4 members (excludes halogenated alkanes) is 1. The molecule has 1 heterocycles. The number of amides is 1. The molecule has 1 unspecified atom stereocenters. The summed E-state index contributed by atoms with van der Waals surface area (Å²) in [6, 6.07) is 22.8. The summed E-state index contributed by atoms with van der Waals surface area (Å²) in [7, 11) is -4.14. The second-order valence-corrected chi connectivity index (χ2v) is 11.7. The van der Waals surface area contributed by atoms with Crippen molar-refractivity contribution in [3.63, 3.8) is 0 Å². The van der Waals surface area contributed by atoms with Crippen molar-refractivity contribution in [3.05, 3.63) is 89.0 Å². The van der Waals surface area contributed by atoms with Crippen molar-refractivity contribution in [1.82, 2.24) is 10.2 Å². The molecule has 3 aromatic rings. The van der Waals surface area contributed by atoms with Crippen molar-refractivity contribution in [1.29, 1.82) is 5.26 Å². The fraction of sp³-hybridized carbons (Fsp3) is 0.375. The summed E-state index contributed by atoms with van der Waals surface area (Å²) in [5.74, 6) is 0.610. The highest BCUT2D eigenvalue weighted by atomic mass is 31.2. The van der Waals surface area contributed by atoms with Crippen LogP contribution < -0.4 is 9.84 Å². The summed E-state index contributed by atoms with van der Waals surface area (Å²) in [5.41, 5.74) is 5.17. The molecule has 9 heteroatoms. The van der Waals surface area contributed by atoms with Gasteiger partial charge in [0.1, 0.15) is 5.75 Å². The third kappa shape index (κ3) is 8.76. The monoisotopic (exact) mass is 575 g/mol. The van der Waals surface area contributed by atoms with Gasteiger partial charge >= 0.3 is 7.82 Å². The van der Waals surface area contributed by atoms with E-state index in [2.05, 4.69) is 16.3 Å². The van der Waals surface area contributed by atoms with E-state index in [0.717, 1.165) is 67.6 Å². The van der Waals surface area contributed by atoms with Crippen molar-refractivity contribution in [2.24, 2.45) is 0 Å². The fourth-order valence-electron chi connectivity index (χ4n) is 5.15. The molecule has 216 valence electrons. The van der Waals surface area contributed by atoms with Gasteiger partial charge < -0.3 is 14.7 Å². The normalized spacial score (nSPS) is 15.6. The van der Waals surface area contributed by atoms with Gasteiger partial charge in [-0.15, -0.1) is 0 Å². The van der Waals surface area contributed by atoms with Gasteiger partial charge in [-0.3, -0.25) is 14.2 Å². The number of rotatable bonds is 12. The number of likely N-dealkylation sites (tertiary alicyclic amines) is 1. The highest BCUT2D eigenvalue weighted by molar-refractivity contribution is 7.47. The lowest BCUT2D eigenvalue weighted by atomic mass is 9.88. The van der Waals surface area contributed by atoms with E-state index in [9.17, 15) is 14.3 Å². The lowest BCUT2D eigenvalue weighted by Gasteiger charge is -2.33. The zero-order valence-corrected chi connectivity index (χ0v) is 24.6. The number of carbonyl (C=O) groups is 1. The average Bonchev–Trinajstić information content (AvgIpc) is 2.97. The van der Waals surface area contributed by atoms with Gasteiger partial charge in [-0.25, -0.2) is 4.57 Å². The molecule has 1 saturated heterocycles. The maximum atomic E-state index is 12.6.